The Morgan fingerprint density at radius 2 is 2.23 bits per heavy atom. The van der Waals surface area contributed by atoms with E-state index in [0.29, 0.717) is 0 Å². The molecule has 1 saturated heterocycles. The van der Waals surface area contributed by atoms with E-state index >= 15 is 0 Å². The van der Waals surface area contributed by atoms with Crippen LogP contribution >= 0.6 is 11.3 Å². The summed E-state index contributed by atoms with van der Waals surface area (Å²) in [6, 6.07) is 0. The van der Waals surface area contributed by atoms with E-state index in [1.807, 2.05) is 0 Å². The number of hydrogen-bond acceptors (Lipinski definition) is 10. The molecule has 1 unspecified atom stereocenters. The third kappa shape index (κ3) is 3.92. The quantitative estimate of drug-likeness (QED) is 0.168. The summed E-state index contributed by atoms with van der Waals surface area (Å²) >= 11 is 1.06. The third-order valence-corrected chi connectivity index (χ3v) is 4.74. The number of aromatic nitrogens is 1. The second kappa shape index (κ2) is 7.14. The number of ether oxygens (including phenoxy) is 1. The molecule has 14 heteroatoms. The van der Waals surface area contributed by atoms with Crippen LogP contribution in [0.1, 0.15) is 19.5 Å². The maximum absolute atomic E-state index is 12.6. The molecule has 1 atom stereocenters. The van der Waals surface area contributed by atoms with E-state index < -0.39 is 34.4 Å². The van der Waals surface area contributed by atoms with Gasteiger partial charge in [0.1, 0.15) is 11.8 Å². The maximum atomic E-state index is 12.6. The van der Waals surface area contributed by atoms with Crippen LogP contribution in [0.2, 0.25) is 0 Å². The Kier molecular flexibility index (Phi) is 5.50. The number of carbonyl (C=O) groups is 2. The Balaban J connectivity index is 2.26. The summed E-state index contributed by atoms with van der Waals surface area (Å²) in [5, 5.41) is 7.62. The number of β-lactam (4-membered cyclic amide) rings is 1. The van der Waals surface area contributed by atoms with Crippen LogP contribution in [0.25, 0.3) is 0 Å². The number of nitrogens with zero attached hydrogens (tertiary/aromatic N) is 3. The fraction of sp³-hybridized carbons (Fsp3) is 0.500. The van der Waals surface area contributed by atoms with Crippen LogP contribution in [-0.2, 0) is 29.5 Å². The number of oxime groups is 1. The van der Waals surface area contributed by atoms with E-state index in [9.17, 15) is 18.0 Å². The smallest absolute Gasteiger partial charge is 0.362 e. The van der Waals surface area contributed by atoms with Gasteiger partial charge in [0.05, 0.1) is 6.54 Å². The van der Waals surface area contributed by atoms with Crippen LogP contribution in [0.5, 0.6) is 0 Å². The molecule has 26 heavy (non-hydrogen) atoms. The van der Waals surface area contributed by atoms with Crippen LogP contribution in [0, 0.1) is 0 Å². The Hall–Kier alpha value is -2.29. The largest absolute Gasteiger partial charge is 0.392 e. The van der Waals surface area contributed by atoms with Crippen LogP contribution in [0.15, 0.2) is 10.5 Å². The minimum atomic E-state index is -4.75. The van der Waals surface area contributed by atoms with Crippen molar-refractivity contribution >= 4 is 44.3 Å². The molecule has 1 fully saturated rings. The van der Waals surface area contributed by atoms with Crippen molar-refractivity contribution in [3.05, 3.63) is 11.1 Å². The molecule has 4 N–H and O–H groups in total. The fourth-order valence-electron chi connectivity index (χ4n) is 1.94. The zero-order valence-electron chi connectivity index (χ0n) is 14.0. The van der Waals surface area contributed by atoms with Gasteiger partial charge in [-0.1, -0.05) is 5.16 Å². The van der Waals surface area contributed by atoms with Gasteiger partial charge in [0, 0.05) is 12.5 Å². The molecule has 1 aliphatic heterocycles. The third-order valence-electron chi connectivity index (χ3n) is 3.22. The average molecular weight is 407 g/mol. The first kappa shape index (κ1) is 20.0. The Morgan fingerprint density at radius 3 is 2.65 bits per heavy atom. The summed E-state index contributed by atoms with van der Waals surface area (Å²) in [6.07, 6.45) is -0.342. The molecule has 1 aromatic rings. The number of anilines is 1. The number of nitrogens with one attached hydrogen (secondary N) is 1. The van der Waals surface area contributed by atoms with E-state index in [0.717, 1.165) is 18.4 Å². The summed E-state index contributed by atoms with van der Waals surface area (Å²) < 4.78 is 36.2. The van der Waals surface area contributed by atoms with Gasteiger partial charge in [-0.3, -0.25) is 14.1 Å². The number of carbonyl (C=O) groups excluding carboxylic acids is 2. The van der Waals surface area contributed by atoms with Crippen molar-refractivity contribution in [2.45, 2.75) is 25.7 Å². The van der Waals surface area contributed by atoms with E-state index in [1.165, 1.54) is 5.38 Å². The fourth-order valence-corrected chi connectivity index (χ4v) is 3.19. The summed E-state index contributed by atoms with van der Waals surface area (Å²) in [4.78, 5) is 33.6. The Labute approximate surface area is 152 Å². The molecular weight excluding hydrogens is 390 g/mol. The van der Waals surface area contributed by atoms with Crippen molar-refractivity contribution in [3.63, 3.8) is 0 Å². The lowest BCUT2D eigenvalue weighted by atomic mass is 10.1. The summed E-state index contributed by atoms with van der Waals surface area (Å²) in [5.41, 5.74) is 3.42. The standard InChI is InChI=1S/C12H17N5O7S2/c1-6(2)24-16-8(7-4-25-11(13)14-7)9(18)15-12(23-3)5-17(10(12)19)26(20,21)22/h4,6H,5H2,1-3H3,(H2,13,14)(H,15,18)(H,20,21,22). The molecule has 2 amide bonds. The zero-order chi connectivity index (χ0) is 19.7. The second-order valence-electron chi connectivity index (χ2n) is 5.44. The molecular formula is C12H17N5O7S2. The van der Waals surface area contributed by atoms with Crippen molar-refractivity contribution in [3.8, 4) is 0 Å². The summed E-state index contributed by atoms with van der Waals surface area (Å²) in [7, 11) is -3.65. The number of thiazole rings is 1. The molecule has 144 valence electrons. The average Bonchev–Trinajstić information content (AvgIpc) is 2.95. The molecule has 1 aliphatic rings. The van der Waals surface area contributed by atoms with Crippen molar-refractivity contribution in [2.24, 2.45) is 5.16 Å². The highest BCUT2D eigenvalue weighted by atomic mass is 32.2. The zero-order valence-corrected chi connectivity index (χ0v) is 15.6. The molecule has 0 bridgehead atoms. The van der Waals surface area contributed by atoms with Crippen molar-refractivity contribution in [2.75, 3.05) is 19.4 Å². The van der Waals surface area contributed by atoms with Gasteiger partial charge in [0.2, 0.25) is 5.72 Å². The SMILES string of the molecule is COC1(NC(=O)C(=NOC(C)C)c2csc(N)n2)CN(S(=O)(=O)O)C1=O. The minimum Gasteiger partial charge on any atom is -0.392 e. The second-order valence-corrected chi connectivity index (χ2v) is 7.67. The summed E-state index contributed by atoms with van der Waals surface area (Å²) in [5.74, 6) is -2.06. The van der Waals surface area contributed by atoms with Crippen LogP contribution in [-0.4, -0.2) is 65.3 Å². The highest BCUT2D eigenvalue weighted by Gasteiger charge is 2.59. The molecule has 0 saturated carbocycles. The number of hydrogen-bond donors (Lipinski definition) is 3. The molecule has 0 radical (unpaired) electrons. The van der Waals surface area contributed by atoms with Gasteiger partial charge in [-0.2, -0.15) is 8.42 Å². The monoisotopic (exact) mass is 407 g/mol. The number of nitrogens with two attached hydrogens (primary N) is 1. The first-order valence-electron chi connectivity index (χ1n) is 7.12. The van der Waals surface area contributed by atoms with Crippen LogP contribution in [0.4, 0.5) is 5.13 Å². The topological polar surface area (TPSA) is 174 Å². The van der Waals surface area contributed by atoms with E-state index in [-0.39, 0.29) is 26.9 Å². The number of methoxy groups -OCH3 is 1. The van der Waals surface area contributed by atoms with Crippen molar-refractivity contribution < 1.29 is 32.1 Å². The predicted octanol–water partition coefficient (Wildman–Crippen LogP) is -1.04. The van der Waals surface area contributed by atoms with Gasteiger partial charge in [0.25, 0.3) is 11.8 Å². The highest BCUT2D eigenvalue weighted by Crippen LogP contribution is 2.26. The van der Waals surface area contributed by atoms with Crippen LogP contribution < -0.4 is 11.1 Å². The van der Waals surface area contributed by atoms with Crippen LogP contribution in [0.3, 0.4) is 0 Å². The minimum absolute atomic E-state index is 0.107. The van der Waals surface area contributed by atoms with Gasteiger partial charge >= 0.3 is 10.3 Å². The first-order valence-corrected chi connectivity index (χ1v) is 9.40. The molecule has 0 spiro atoms. The molecule has 1 aromatic heterocycles. The Bertz CT molecular complexity index is 850. The van der Waals surface area contributed by atoms with Gasteiger partial charge in [0.15, 0.2) is 10.8 Å². The number of amides is 2. The maximum Gasteiger partial charge on any atom is 0.362 e. The lowest BCUT2D eigenvalue weighted by Crippen LogP contribution is -2.76. The lowest BCUT2D eigenvalue weighted by Gasteiger charge is -2.44. The summed E-state index contributed by atoms with van der Waals surface area (Å²) in [6.45, 7) is 2.76. The lowest BCUT2D eigenvalue weighted by molar-refractivity contribution is -0.179. The van der Waals surface area contributed by atoms with Gasteiger partial charge in [-0.15, -0.1) is 11.3 Å². The first-order chi connectivity index (χ1) is 12.0. The molecule has 0 aromatic carbocycles. The molecule has 12 nitrogen and oxygen atoms in total. The predicted molar refractivity (Wildman–Crippen MR) is 90.4 cm³/mol. The normalized spacial score (nSPS) is 20.9. The van der Waals surface area contributed by atoms with E-state index in [4.69, 9.17) is 19.9 Å². The van der Waals surface area contributed by atoms with Gasteiger partial charge in [-0.05, 0) is 13.8 Å². The van der Waals surface area contributed by atoms with Crippen molar-refractivity contribution in [1.29, 1.82) is 0 Å². The number of nitrogen functional groups attached to an aromatic ring is 1. The molecule has 2 heterocycles. The highest BCUT2D eigenvalue weighted by molar-refractivity contribution is 7.84. The molecule has 0 aliphatic carbocycles. The van der Waals surface area contributed by atoms with Gasteiger partial charge in [-0.25, -0.2) is 9.29 Å². The van der Waals surface area contributed by atoms with Crippen molar-refractivity contribution in [1.82, 2.24) is 14.6 Å². The van der Waals surface area contributed by atoms with E-state index in [1.54, 1.807) is 13.8 Å². The molecule has 2 rings (SSSR count). The van der Waals surface area contributed by atoms with Gasteiger partial charge < -0.3 is 20.6 Å². The number of rotatable bonds is 7. The Morgan fingerprint density at radius 1 is 1.58 bits per heavy atom. The van der Waals surface area contributed by atoms with E-state index in [2.05, 4.69) is 15.5 Å².